The molecule has 2 amide bonds. The largest absolute Gasteiger partial charge is 0.363 e. The standard InChI is InChI=1S/C25H24N4O2S/c1-18-7-9-19(10-8-18)17-29-24(30)22(20-5-4-16-32-20)23(25(29)31)28-14-12-27(13-15-28)21-6-2-3-11-26-21/h2-11,16H,12-15,17H2,1H3. The van der Waals surface area contributed by atoms with Crippen LogP contribution in [0.2, 0.25) is 0 Å². The number of amides is 2. The number of carbonyl (C=O) groups excluding carboxylic acids is 2. The normalized spacial score (nSPS) is 17.0. The minimum absolute atomic E-state index is 0.203. The third-order valence-electron chi connectivity index (χ3n) is 5.94. The summed E-state index contributed by atoms with van der Waals surface area (Å²) in [5.41, 5.74) is 3.16. The molecule has 0 atom stereocenters. The van der Waals surface area contributed by atoms with Crippen LogP contribution >= 0.6 is 11.3 Å². The van der Waals surface area contributed by atoms with E-state index in [4.69, 9.17) is 0 Å². The number of anilines is 1. The summed E-state index contributed by atoms with van der Waals surface area (Å²) < 4.78 is 0. The van der Waals surface area contributed by atoms with E-state index in [1.165, 1.54) is 16.2 Å². The number of carbonyl (C=O) groups is 2. The summed E-state index contributed by atoms with van der Waals surface area (Å²) >= 11 is 1.50. The van der Waals surface area contributed by atoms with Gasteiger partial charge in [0.05, 0.1) is 12.1 Å². The highest BCUT2D eigenvalue weighted by Crippen LogP contribution is 2.35. The molecular formula is C25H24N4O2S. The first-order valence-corrected chi connectivity index (χ1v) is 11.6. The smallest absolute Gasteiger partial charge is 0.278 e. The van der Waals surface area contributed by atoms with Gasteiger partial charge in [0.2, 0.25) is 0 Å². The molecule has 0 spiro atoms. The first-order chi connectivity index (χ1) is 15.6. The molecular weight excluding hydrogens is 420 g/mol. The van der Waals surface area contributed by atoms with Gasteiger partial charge in [-0.3, -0.25) is 14.5 Å². The minimum Gasteiger partial charge on any atom is -0.363 e. The molecule has 162 valence electrons. The molecule has 6 nitrogen and oxygen atoms in total. The molecule has 5 rings (SSSR count). The molecule has 0 saturated carbocycles. The Bertz CT molecular complexity index is 1150. The number of hydrogen-bond donors (Lipinski definition) is 0. The molecule has 1 saturated heterocycles. The predicted octanol–water partition coefficient (Wildman–Crippen LogP) is 3.55. The Morgan fingerprint density at radius 2 is 1.62 bits per heavy atom. The highest BCUT2D eigenvalue weighted by atomic mass is 32.1. The highest BCUT2D eigenvalue weighted by Gasteiger charge is 2.42. The van der Waals surface area contributed by atoms with Gasteiger partial charge in [-0.25, -0.2) is 4.98 Å². The van der Waals surface area contributed by atoms with Crippen molar-refractivity contribution in [1.29, 1.82) is 0 Å². The van der Waals surface area contributed by atoms with Gasteiger partial charge in [-0.2, -0.15) is 0 Å². The lowest BCUT2D eigenvalue weighted by molar-refractivity contribution is -0.138. The number of benzene rings is 1. The third kappa shape index (κ3) is 3.80. The predicted molar refractivity (Wildman–Crippen MR) is 126 cm³/mol. The Labute approximate surface area is 191 Å². The van der Waals surface area contributed by atoms with Crippen LogP contribution < -0.4 is 4.90 Å². The molecule has 0 radical (unpaired) electrons. The Hall–Kier alpha value is -3.45. The summed E-state index contributed by atoms with van der Waals surface area (Å²) in [5, 5.41) is 1.94. The lowest BCUT2D eigenvalue weighted by Crippen LogP contribution is -2.47. The molecule has 0 N–H and O–H groups in total. The monoisotopic (exact) mass is 444 g/mol. The maximum Gasteiger partial charge on any atom is 0.278 e. The fourth-order valence-corrected chi connectivity index (χ4v) is 4.98. The molecule has 1 fully saturated rings. The first kappa shape index (κ1) is 20.5. The van der Waals surface area contributed by atoms with Crippen LogP contribution in [0.25, 0.3) is 5.57 Å². The maximum atomic E-state index is 13.5. The average Bonchev–Trinajstić information content (AvgIpc) is 3.44. The van der Waals surface area contributed by atoms with Crippen LogP contribution in [0.4, 0.5) is 5.82 Å². The number of imide groups is 1. The Balaban J connectivity index is 1.41. The van der Waals surface area contributed by atoms with Crippen molar-refractivity contribution in [3.8, 4) is 0 Å². The van der Waals surface area contributed by atoms with Crippen molar-refractivity contribution in [3.63, 3.8) is 0 Å². The van der Waals surface area contributed by atoms with Crippen molar-refractivity contribution in [2.24, 2.45) is 0 Å². The van der Waals surface area contributed by atoms with E-state index in [-0.39, 0.29) is 18.4 Å². The van der Waals surface area contributed by atoms with E-state index in [9.17, 15) is 9.59 Å². The van der Waals surface area contributed by atoms with Gasteiger partial charge in [0.25, 0.3) is 11.8 Å². The second-order valence-corrected chi connectivity index (χ2v) is 8.99. The van der Waals surface area contributed by atoms with Gasteiger partial charge in [-0.1, -0.05) is 42.0 Å². The zero-order chi connectivity index (χ0) is 22.1. The Morgan fingerprint density at radius 1 is 0.875 bits per heavy atom. The van der Waals surface area contributed by atoms with Gasteiger partial charge in [0.1, 0.15) is 11.5 Å². The molecule has 2 aliphatic rings. The molecule has 0 aliphatic carbocycles. The van der Waals surface area contributed by atoms with Crippen molar-refractivity contribution in [2.45, 2.75) is 13.5 Å². The first-order valence-electron chi connectivity index (χ1n) is 10.7. The number of thiophene rings is 1. The van der Waals surface area contributed by atoms with Crippen LogP contribution in [0.1, 0.15) is 16.0 Å². The molecule has 0 bridgehead atoms. The van der Waals surface area contributed by atoms with Crippen LogP contribution in [0, 0.1) is 6.92 Å². The summed E-state index contributed by atoms with van der Waals surface area (Å²) in [7, 11) is 0. The molecule has 3 aromatic rings. The van der Waals surface area contributed by atoms with Gasteiger partial charge in [0.15, 0.2) is 0 Å². The molecule has 32 heavy (non-hydrogen) atoms. The fourth-order valence-electron chi connectivity index (χ4n) is 4.22. The number of hydrogen-bond acceptors (Lipinski definition) is 6. The molecule has 7 heteroatoms. The van der Waals surface area contributed by atoms with Gasteiger partial charge >= 0.3 is 0 Å². The molecule has 0 unspecified atom stereocenters. The van der Waals surface area contributed by atoms with E-state index in [0.717, 1.165) is 34.9 Å². The van der Waals surface area contributed by atoms with E-state index in [1.807, 2.05) is 66.9 Å². The zero-order valence-electron chi connectivity index (χ0n) is 17.9. The quantitative estimate of drug-likeness (QED) is 0.564. The van der Waals surface area contributed by atoms with Gasteiger partial charge < -0.3 is 9.80 Å². The van der Waals surface area contributed by atoms with Crippen LogP contribution in [-0.2, 0) is 16.1 Å². The van der Waals surface area contributed by atoms with Gasteiger partial charge in [-0.05, 0) is 36.1 Å². The van der Waals surface area contributed by atoms with Crippen LogP contribution in [0.5, 0.6) is 0 Å². The Morgan fingerprint density at radius 3 is 2.28 bits per heavy atom. The van der Waals surface area contributed by atoms with Crippen molar-refractivity contribution < 1.29 is 9.59 Å². The van der Waals surface area contributed by atoms with Crippen LogP contribution in [0.15, 0.2) is 71.9 Å². The zero-order valence-corrected chi connectivity index (χ0v) is 18.7. The minimum atomic E-state index is -0.208. The second-order valence-electron chi connectivity index (χ2n) is 8.04. The summed E-state index contributed by atoms with van der Waals surface area (Å²) in [5.74, 6) is 0.528. The number of nitrogens with zero attached hydrogens (tertiary/aromatic N) is 4. The fraction of sp³-hybridized carbons (Fsp3) is 0.240. The number of pyridine rings is 1. The van der Waals surface area contributed by atoms with E-state index in [2.05, 4.69) is 14.8 Å². The van der Waals surface area contributed by atoms with Crippen molar-refractivity contribution >= 4 is 34.5 Å². The molecule has 2 aliphatic heterocycles. The number of aromatic nitrogens is 1. The lowest BCUT2D eigenvalue weighted by Gasteiger charge is -2.37. The summed E-state index contributed by atoms with van der Waals surface area (Å²) in [6.45, 7) is 5.13. The molecule has 4 heterocycles. The van der Waals surface area contributed by atoms with Crippen molar-refractivity contribution in [3.05, 3.63) is 87.9 Å². The van der Waals surface area contributed by atoms with Gasteiger partial charge in [0, 0.05) is 37.3 Å². The number of aryl methyl sites for hydroxylation is 1. The van der Waals surface area contributed by atoms with E-state index in [1.54, 1.807) is 6.20 Å². The maximum absolute atomic E-state index is 13.5. The van der Waals surface area contributed by atoms with E-state index in [0.29, 0.717) is 24.4 Å². The molecule has 1 aromatic carbocycles. The number of rotatable bonds is 5. The van der Waals surface area contributed by atoms with Crippen LogP contribution in [-0.4, -0.2) is 52.8 Å². The van der Waals surface area contributed by atoms with Crippen LogP contribution in [0.3, 0.4) is 0 Å². The average molecular weight is 445 g/mol. The summed E-state index contributed by atoms with van der Waals surface area (Å²) in [6, 6.07) is 17.7. The molecule has 2 aromatic heterocycles. The third-order valence-corrected chi connectivity index (χ3v) is 6.83. The van der Waals surface area contributed by atoms with Gasteiger partial charge in [-0.15, -0.1) is 11.3 Å². The topological polar surface area (TPSA) is 56.8 Å². The van der Waals surface area contributed by atoms with E-state index >= 15 is 0 Å². The van der Waals surface area contributed by atoms with Crippen molar-refractivity contribution in [1.82, 2.24) is 14.8 Å². The SMILES string of the molecule is Cc1ccc(CN2C(=O)C(c3cccs3)=C(N3CCN(c4ccccn4)CC3)C2=O)cc1. The van der Waals surface area contributed by atoms with E-state index < -0.39 is 0 Å². The highest BCUT2D eigenvalue weighted by molar-refractivity contribution is 7.11. The summed E-state index contributed by atoms with van der Waals surface area (Å²) in [4.78, 5) is 37.9. The second kappa shape index (κ2) is 8.59. The summed E-state index contributed by atoms with van der Waals surface area (Å²) in [6.07, 6.45) is 1.79. The number of piperazine rings is 1. The Kier molecular flexibility index (Phi) is 5.49. The van der Waals surface area contributed by atoms with Crippen molar-refractivity contribution in [2.75, 3.05) is 31.1 Å². The lowest BCUT2D eigenvalue weighted by atomic mass is 10.1.